The third-order valence-corrected chi connectivity index (χ3v) is 3.29. The molecule has 104 valence electrons. The Morgan fingerprint density at radius 3 is 2.37 bits per heavy atom. The van der Waals surface area contributed by atoms with Gasteiger partial charge in [0.1, 0.15) is 5.75 Å². The minimum Gasteiger partial charge on any atom is -0.497 e. The van der Waals surface area contributed by atoms with E-state index in [9.17, 15) is 4.79 Å². The van der Waals surface area contributed by atoms with Gasteiger partial charge in [0.2, 0.25) is 5.91 Å². The number of carbonyl (C=O) groups excluding carboxylic acids is 1. The summed E-state index contributed by atoms with van der Waals surface area (Å²) in [6.45, 7) is 5.37. The van der Waals surface area contributed by atoms with Crippen LogP contribution in [0.15, 0.2) is 24.3 Å². The first-order valence-corrected chi connectivity index (χ1v) is 6.64. The Kier molecular flexibility index (Phi) is 4.43. The smallest absolute Gasteiger partial charge is 0.227 e. The third-order valence-electron chi connectivity index (χ3n) is 3.29. The molecule has 1 aliphatic heterocycles. The van der Waals surface area contributed by atoms with Crippen LogP contribution in [0, 0.1) is 0 Å². The van der Waals surface area contributed by atoms with E-state index in [0.717, 1.165) is 11.3 Å². The van der Waals surface area contributed by atoms with E-state index in [1.54, 1.807) is 7.11 Å². The second-order valence-electron chi connectivity index (χ2n) is 5.08. The number of amides is 1. The second-order valence-corrected chi connectivity index (χ2v) is 5.08. The van der Waals surface area contributed by atoms with Crippen molar-refractivity contribution in [1.29, 1.82) is 0 Å². The van der Waals surface area contributed by atoms with Gasteiger partial charge < -0.3 is 14.4 Å². The fourth-order valence-corrected chi connectivity index (χ4v) is 2.41. The van der Waals surface area contributed by atoms with Crippen molar-refractivity contribution in [3.05, 3.63) is 29.8 Å². The topological polar surface area (TPSA) is 38.8 Å². The largest absolute Gasteiger partial charge is 0.497 e. The van der Waals surface area contributed by atoms with E-state index in [4.69, 9.17) is 9.47 Å². The van der Waals surface area contributed by atoms with Gasteiger partial charge in [-0.1, -0.05) is 12.1 Å². The van der Waals surface area contributed by atoms with Crippen LogP contribution in [0.3, 0.4) is 0 Å². The molecular formula is C15H21NO3. The molecule has 0 aromatic heterocycles. The molecule has 0 bridgehead atoms. The molecule has 2 atom stereocenters. The van der Waals surface area contributed by atoms with Gasteiger partial charge in [0, 0.05) is 13.1 Å². The predicted octanol–water partition coefficient (Wildman–Crippen LogP) is 1.87. The molecule has 2 unspecified atom stereocenters. The van der Waals surface area contributed by atoms with Gasteiger partial charge in [-0.3, -0.25) is 4.79 Å². The Hall–Kier alpha value is -1.55. The quantitative estimate of drug-likeness (QED) is 0.835. The van der Waals surface area contributed by atoms with E-state index < -0.39 is 0 Å². The van der Waals surface area contributed by atoms with Crippen LogP contribution in [0.4, 0.5) is 0 Å². The highest BCUT2D eigenvalue weighted by Crippen LogP contribution is 2.15. The van der Waals surface area contributed by atoms with E-state index in [0.29, 0.717) is 19.5 Å². The van der Waals surface area contributed by atoms with Gasteiger partial charge >= 0.3 is 0 Å². The highest BCUT2D eigenvalue weighted by atomic mass is 16.5. The molecule has 1 amide bonds. The molecule has 1 aromatic rings. The number of nitrogens with zero attached hydrogens (tertiary/aromatic N) is 1. The summed E-state index contributed by atoms with van der Waals surface area (Å²) in [6, 6.07) is 7.63. The average molecular weight is 263 g/mol. The molecule has 0 aliphatic carbocycles. The summed E-state index contributed by atoms with van der Waals surface area (Å²) in [4.78, 5) is 14.1. The van der Waals surface area contributed by atoms with E-state index >= 15 is 0 Å². The van der Waals surface area contributed by atoms with Crippen LogP contribution in [-0.2, 0) is 16.0 Å². The minimum absolute atomic E-state index is 0.114. The number of rotatable bonds is 3. The van der Waals surface area contributed by atoms with Gasteiger partial charge in [0.05, 0.1) is 25.7 Å². The summed E-state index contributed by atoms with van der Waals surface area (Å²) in [5, 5.41) is 0. The molecule has 1 aromatic carbocycles. The third kappa shape index (κ3) is 3.70. The number of methoxy groups -OCH3 is 1. The van der Waals surface area contributed by atoms with E-state index in [1.807, 2.05) is 43.0 Å². The molecule has 4 nitrogen and oxygen atoms in total. The highest BCUT2D eigenvalue weighted by molar-refractivity contribution is 5.79. The van der Waals surface area contributed by atoms with Crippen molar-refractivity contribution >= 4 is 5.91 Å². The molecule has 4 heteroatoms. The first-order chi connectivity index (χ1) is 9.08. The molecule has 0 spiro atoms. The van der Waals surface area contributed by atoms with Crippen molar-refractivity contribution in [2.24, 2.45) is 0 Å². The lowest BCUT2D eigenvalue weighted by Crippen LogP contribution is -2.48. The Morgan fingerprint density at radius 1 is 1.26 bits per heavy atom. The van der Waals surface area contributed by atoms with E-state index in [1.165, 1.54) is 0 Å². The zero-order valence-corrected chi connectivity index (χ0v) is 11.8. The molecule has 2 rings (SSSR count). The van der Waals surface area contributed by atoms with Gasteiger partial charge in [0.25, 0.3) is 0 Å². The Morgan fingerprint density at radius 2 is 1.84 bits per heavy atom. The van der Waals surface area contributed by atoms with Crippen LogP contribution in [0.2, 0.25) is 0 Å². The monoisotopic (exact) mass is 263 g/mol. The lowest BCUT2D eigenvalue weighted by Gasteiger charge is -2.35. The van der Waals surface area contributed by atoms with Crippen molar-refractivity contribution in [3.63, 3.8) is 0 Å². The fraction of sp³-hybridized carbons (Fsp3) is 0.533. The molecule has 0 N–H and O–H groups in total. The van der Waals surface area contributed by atoms with Gasteiger partial charge in [0.15, 0.2) is 0 Å². The van der Waals surface area contributed by atoms with Crippen LogP contribution >= 0.6 is 0 Å². The Bertz CT molecular complexity index is 420. The molecule has 1 fully saturated rings. The van der Waals surface area contributed by atoms with Gasteiger partial charge in [-0.25, -0.2) is 0 Å². The second kappa shape index (κ2) is 6.06. The lowest BCUT2D eigenvalue weighted by molar-refractivity contribution is -0.142. The van der Waals surface area contributed by atoms with Crippen LogP contribution in [0.5, 0.6) is 5.75 Å². The Balaban J connectivity index is 1.96. The summed E-state index contributed by atoms with van der Waals surface area (Å²) in [5.74, 6) is 0.969. The maximum Gasteiger partial charge on any atom is 0.227 e. The molecule has 1 aliphatic rings. The van der Waals surface area contributed by atoms with Crippen LogP contribution < -0.4 is 4.74 Å². The number of ether oxygens (including phenoxy) is 2. The van der Waals surface area contributed by atoms with E-state index in [-0.39, 0.29) is 18.1 Å². The predicted molar refractivity (Wildman–Crippen MR) is 73.3 cm³/mol. The van der Waals surface area contributed by atoms with Crippen LogP contribution in [-0.4, -0.2) is 43.2 Å². The average Bonchev–Trinajstić information content (AvgIpc) is 2.38. The summed E-state index contributed by atoms with van der Waals surface area (Å²) in [6.07, 6.45) is 0.663. The standard InChI is InChI=1S/C15H21NO3/c1-11-9-16(10-12(2)19-11)15(17)8-13-4-6-14(18-3)7-5-13/h4-7,11-12H,8-10H2,1-3H3. The van der Waals surface area contributed by atoms with E-state index in [2.05, 4.69) is 0 Å². The summed E-state index contributed by atoms with van der Waals surface area (Å²) < 4.78 is 10.7. The van der Waals surface area contributed by atoms with Crippen molar-refractivity contribution in [2.45, 2.75) is 32.5 Å². The summed E-state index contributed by atoms with van der Waals surface area (Å²) in [7, 11) is 1.64. The molecular weight excluding hydrogens is 242 g/mol. The SMILES string of the molecule is COc1ccc(CC(=O)N2CC(C)OC(C)C2)cc1. The van der Waals surface area contributed by atoms with Crippen molar-refractivity contribution in [3.8, 4) is 5.75 Å². The van der Waals surface area contributed by atoms with Crippen LogP contribution in [0.25, 0.3) is 0 Å². The Labute approximate surface area is 114 Å². The van der Waals surface area contributed by atoms with Gasteiger partial charge in [-0.2, -0.15) is 0 Å². The number of hydrogen-bond donors (Lipinski definition) is 0. The maximum atomic E-state index is 12.3. The zero-order chi connectivity index (χ0) is 13.8. The fourth-order valence-electron chi connectivity index (χ4n) is 2.41. The first kappa shape index (κ1) is 13.9. The lowest BCUT2D eigenvalue weighted by atomic mass is 10.1. The summed E-state index contributed by atoms with van der Waals surface area (Å²) >= 11 is 0. The molecule has 1 heterocycles. The number of morpholine rings is 1. The van der Waals surface area contributed by atoms with Crippen molar-refractivity contribution in [2.75, 3.05) is 20.2 Å². The molecule has 0 radical (unpaired) electrons. The minimum atomic E-state index is 0.114. The molecule has 1 saturated heterocycles. The van der Waals surface area contributed by atoms with Crippen LogP contribution in [0.1, 0.15) is 19.4 Å². The molecule has 0 saturated carbocycles. The van der Waals surface area contributed by atoms with Crippen molar-refractivity contribution in [1.82, 2.24) is 4.90 Å². The van der Waals surface area contributed by atoms with Gasteiger partial charge in [-0.15, -0.1) is 0 Å². The number of hydrogen-bond acceptors (Lipinski definition) is 3. The highest BCUT2D eigenvalue weighted by Gasteiger charge is 2.25. The number of benzene rings is 1. The van der Waals surface area contributed by atoms with Gasteiger partial charge in [-0.05, 0) is 31.5 Å². The first-order valence-electron chi connectivity index (χ1n) is 6.64. The normalized spacial score (nSPS) is 23.2. The molecule has 19 heavy (non-hydrogen) atoms. The van der Waals surface area contributed by atoms with Crippen molar-refractivity contribution < 1.29 is 14.3 Å². The number of carbonyl (C=O) groups is 1. The summed E-state index contributed by atoms with van der Waals surface area (Å²) in [5.41, 5.74) is 1.01. The zero-order valence-electron chi connectivity index (χ0n) is 11.8. The maximum absolute atomic E-state index is 12.3.